The number of carboxylic acids is 1. The van der Waals surface area contributed by atoms with Crippen LogP contribution >= 0.6 is 0 Å². The molecule has 0 bridgehead atoms. The molecule has 0 spiro atoms. The van der Waals surface area contributed by atoms with E-state index in [1.807, 2.05) is 5.32 Å². The SMILES string of the molecule is CC(C)(C)C(C(=O)O)C(=O)NC1(C(F)(F)F)CC1. The Kier molecular flexibility index (Phi) is 3.40. The highest BCUT2D eigenvalue weighted by atomic mass is 19.4. The minimum absolute atomic E-state index is 0.196. The maximum Gasteiger partial charge on any atom is 0.411 e. The van der Waals surface area contributed by atoms with Gasteiger partial charge >= 0.3 is 12.1 Å². The summed E-state index contributed by atoms with van der Waals surface area (Å²) in [5.74, 6) is -4.00. The molecule has 1 saturated carbocycles. The average molecular weight is 267 g/mol. The number of carboxylic acid groups (broad SMARTS) is 1. The van der Waals surface area contributed by atoms with E-state index in [0.717, 1.165) is 0 Å². The maximum absolute atomic E-state index is 12.7. The number of alkyl halides is 3. The van der Waals surface area contributed by atoms with Crippen LogP contribution in [0.2, 0.25) is 0 Å². The van der Waals surface area contributed by atoms with Gasteiger partial charge in [-0.1, -0.05) is 20.8 Å². The first kappa shape index (κ1) is 14.8. The van der Waals surface area contributed by atoms with Gasteiger partial charge in [0.25, 0.3) is 0 Å². The summed E-state index contributed by atoms with van der Waals surface area (Å²) in [6, 6.07) is 0. The van der Waals surface area contributed by atoms with Crippen molar-refractivity contribution < 1.29 is 27.9 Å². The molecule has 0 saturated heterocycles. The van der Waals surface area contributed by atoms with Crippen LogP contribution < -0.4 is 5.32 Å². The molecule has 18 heavy (non-hydrogen) atoms. The highest BCUT2D eigenvalue weighted by Crippen LogP contribution is 2.49. The molecule has 0 aromatic heterocycles. The van der Waals surface area contributed by atoms with E-state index in [2.05, 4.69) is 0 Å². The summed E-state index contributed by atoms with van der Waals surface area (Å²) in [4.78, 5) is 22.7. The van der Waals surface area contributed by atoms with Crippen molar-refractivity contribution in [2.75, 3.05) is 0 Å². The van der Waals surface area contributed by atoms with E-state index in [1.54, 1.807) is 0 Å². The number of halogens is 3. The van der Waals surface area contributed by atoms with Crippen molar-refractivity contribution in [3.8, 4) is 0 Å². The van der Waals surface area contributed by atoms with Gasteiger partial charge in [0, 0.05) is 0 Å². The molecule has 1 aliphatic carbocycles. The molecule has 7 heteroatoms. The van der Waals surface area contributed by atoms with E-state index in [4.69, 9.17) is 5.11 Å². The van der Waals surface area contributed by atoms with Crippen LogP contribution in [0.25, 0.3) is 0 Å². The number of aliphatic carboxylic acids is 1. The fraction of sp³-hybridized carbons (Fsp3) is 0.818. The van der Waals surface area contributed by atoms with E-state index in [9.17, 15) is 22.8 Å². The number of nitrogens with one attached hydrogen (secondary N) is 1. The lowest BCUT2D eigenvalue weighted by Crippen LogP contribution is -2.53. The molecule has 2 N–H and O–H groups in total. The summed E-state index contributed by atoms with van der Waals surface area (Å²) in [7, 11) is 0. The molecule has 1 fully saturated rings. The largest absolute Gasteiger partial charge is 0.481 e. The van der Waals surface area contributed by atoms with Gasteiger partial charge in [0.1, 0.15) is 11.5 Å². The number of carbonyl (C=O) groups excluding carboxylic acids is 1. The van der Waals surface area contributed by atoms with Gasteiger partial charge < -0.3 is 10.4 Å². The van der Waals surface area contributed by atoms with Crippen molar-refractivity contribution >= 4 is 11.9 Å². The van der Waals surface area contributed by atoms with Gasteiger partial charge in [0.2, 0.25) is 5.91 Å². The minimum Gasteiger partial charge on any atom is -0.481 e. The molecule has 0 heterocycles. The van der Waals surface area contributed by atoms with Gasteiger partial charge in [-0.05, 0) is 18.3 Å². The van der Waals surface area contributed by atoms with Crippen LogP contribution in [-0.4, -0.2) is 28.7 Å². The first-order chi connectivity index (χ1) is 7.91. The Balaban J connectivity index is 2.85. The molecular formula is C11H16F3NO3. The Morgan fingerprint density at radius 1 is 1.22 bits per heavy atom. The number of carbonyl (C=O) groups is 2. The lowest BCUT2D eigenvalue weighted by Gasteiger charge is -2.29. The summed E-state index contributed by atoms with van der Waals surface area (Å²) in [5, 5.41) is 10.8. The molecule has 0 radical (unpaired) electrons. The Morgan fingerprint density at radius 2 is 1.67 bits per heavy atom. The predicted molar refractivity (Wildman–Crippen MR) is 56.7 cm³/mol. The third-order valence-corrected chi connectivity index (χ3v) is 3.03. The second kappa shape index (κ2) is 4.13. The smallest absolute Gasteiger partial charge is 0.411 e. The number of hydrogen-bond acceptors (Lipinski definition) is 2. The van der Waals surface area contributed by atoms with E-state index in [0.29, 0.717) is 0 Å². The second-order valence-corrected chi connectivity index (χ2v) is 5.71. The molecule has 104 valence electrons. The summed E-state index contributed by atoms with van der Waals surface area (Å²) in [6.07, 6.45) is -4.93. The predicted octanol–water partition coefficient (Wildman–Crippen LogP) is 1.94. The van der Waals surface area contributed by atoms with Crippen LogP contribution in [0.5, 0.6) is 0 Å². The van der Waals surface area contributed by atoms with E-state index in [-0.39, 0.29) is 12.8 Å². The highest BCUT2D eigenvalue weighted by Gasteiger charge is 2.65. The summed E-state index contributed by atoms with van der Waals surface area (Å²) >= 11 is 0. The first-order valence-corrected chi connectivity index (χ1v) is 5.52. The molecule has 0 aliphatic heterocycles. The van der Waals surface area contributed by atoms with Gasteiger partial charge in [0.15, 0.2) is 0 Å². The molecule has 1 aliphatic rings. The number of hydrogen-bond donors (Lipinski definition) is 2. The lowest BCUT2D eigenvalue weighted by molar-refractivity contribution is -0.174. The summed E-state index contributed by atoms with van der Waals surface area (Å²) < 4.78 is 38.0. The fourth-order valence-electron chi connectivity index (χ4n) is 1.79. The van der Waals surface area contributed by atoms with E-state index >= 15 is 0 Å². The quantitative estimate of drug-likeness (QED) is 0.768. The van der Waals surface area contributed by atoms with Gasteiger partial charge in [0.05, 0.1) is 0 Å². The Hall–Kier alpha value is -1.27. The molecule has 4 nitrogen and oxygen atoms in total. The van der Waals surface area contributed by atoms with Crippen LogP contribution in [0, 0.1) is 11.3 Å². The van der Waals surface area contributed by atoms with Gasteiger partial charge in [-0.25, -0.2) is 0 Å². The Bertz CT molecular complexity index is 367. The molecule has 1 rings (SSSR count). The molecular weight excluding hydrogens is 251 g/mol. The number of amides is 1. The van der Waals surface area contributed by atoms with Crippen LogP contribution in [0.4, 0.5) is 13.2 Å². The van der Waals surface area contributed by atoms with Crippen LogP contribution in [0.15, 0.2) is 0 Å². The van der Waals surface area contributed by atoms with Crippen LogP contribution in [0.1, 0.15) is 33.6 Å². The van der Waals surface area contributed by atoms with Gasteiger partial charge in [-0.15, -0.1) is 0 Å². The summed E-state index contributed by atoms with van der Waals surface area (Å²) in [5.41, 5.74) is -3.17. The maximum atomic E-state index is 12.7. The lowest BCUT2D eigenvalue weighted by atomic mass is 9.80. The molecule has 0 aromatic rings. The Labute approximate surface area is 103 Å². The highest BCUT2D eigenvalue weighted by molar-refractivity contribution is 5.98. The van der Waals surface area contributed by atoms with Crippen molar-refractivity contribution in [3.63, 3.8) is 0 Å². The molecule has 0 aromatic carbocycles. The number of rotatable bonds is 3. The van der Waals surface area contributed by atoms with E-state index < -0.39 is 34.9 Å². The third-order valence-electron chi connectivity index (χ3n) is 3.03. The summed E-state index contributed by atoms with van der Waals surface area (Å²) in [6.45, 7) is 4.50. The first-order valence-electron chi connectivity index (χ1n) is 5.52. The molecule has 1 atom stereocenters. The monoisotopic (exact) mass is 267 g/mol. The van der Waals surface area contributed by atoms with Crippen molar-refractivity contribution in [2.45, 2.75) is 45.3 Å². The normalized spacial score (nSPS) is 20.1. The standard InChI is InChI=1S/C11H16F3NO3/c1-9(2,3)6(8(17)18)7(16)15-10(4-5-10)11(12,13)14/h6H,4-5H2,1-3H3,(H,15,16)(H,17,18). The van der Waals surface area contributed by atoms with Gasteiger partial charge in [-0.3, -0.25) is 9.59 Å². The van der Waals surface area contributed by atoms with Crippen LogP contribution in [0.3, 0.4) is 0 Å². The zero-order valence-electron chi connectivity index (χ0n) is 10.4. The molecule has 1 amide bonds. The zero-order chi connectivity index (χ0) is 14.4. The second-order valence-electron chi connectivity index (χ2n) is 5.71. The van der Waals surface area contributed by atoms with Crippen molar-refractivity contribution in [2.24, 2.45) is 11.3 Å². The third kappa shape index (κ3) is 2.76. The van der Waals surface area contributed by atoms with Crippen molar-refractivity contribution in [3.05, 3.63) is 0 Å². The average Bonchev–Trinajstić information content (AvgIpc) is 2.79. The minimum atomic E-state index is -4.54. The topological polar surface area (TPSA) is 66.4 Å². The van der Waals surface area contributed by atoms with E-state index in [1.165, 1.54) is 20.8 Å². The Morgan fingerprint density at radius 3 is 1.89 bits per heavy atom. The zero-order valence-corrected chi connectivity index (χ0v) is 10.4. The van der Waals surface area contributed by atoms with Gasteiger partial charge in [-0.2, -0.15) is 13.2 Å². The van der Waals surface area contributed by atoms with Crippen LogP contribution in [-0.2, 0) is 9.59 Å². The van der Waals surface area contributed by atoms with Crippen molar-refractivity contribution in [1.82, 2.24) is 5.32 Å². The molecule has 1 unspecified atom stereocenters. The van der Waals surface area contributed by atoms with Crippen molar-refractivity contribution in [1.29, 1.82) is 0 Å². The fourth-order valence-corrected chi connectivity index (χ4v) is 1.79.